The number of allylic oxidation sites excluding steroid dienone is 1. The Bertz CT molecular complexity index is 1200. The predicted molar refractivity (Wildman–Crippen MR) is 116 cm³/mol. The van der Waals surface area contributed by atoms with Crippen LogP contribution in [0.3, 0.4) is 0 Å². The van der Waals surface area contributed by atoms with Crippen molar-refractivity contribution in [2.24, 2.45) is 0 Å². The summed E-state index contributed by atoms with van der Waals surface area (Å²) in [6, 6.07) is 9.80. The molecule has 0 bridgehead atoms. The Hall–Kier alpha value is -3.34. The molecule has 0 unspecified atom stereocenters. The lowest BCUT2D eigenvalue weighted by molar-refractivity contribution is 0.0946. The maximum atomic E-state index is 15.1. The summed E-state index contributed by atoms with van der Waals surface area (Å²) in [4.78, 5) is 19.0. The van der Waals surface area contributed by atoms with E-state index in [1.807, 2.05) is 6.07 Å². The number of aryl methyl sites for hydroxylation is 1. The van der Waals surface area contributed by atoms with Gasteiger partial charge in [-0.1, -0.05) is 35.3 Å². The first-order chi connectivity index (χ1) is 14.8. The first kappa shape index (κ1) is 22.3. The number of nitriles is 1. The van der Waals surface area contributed by atoms with Gasteiger partial charge in [-0.05, 0) is 43.2 Å². The molecule has 0 saturated carbocycles. The van der Waals surface area contributed by atoms with E-state index in [1.165, 1.54) is 18.2 Å². The lowest BCUT2D eigenvalue weighted by atomic mass is 10.1. The van der Waals surface area contributed by atoms with E-state index in [-0.39, 0.29) is 39.5 Å². The van der Waals surface area contributed by atoms with Crippen LogP contribution in [0, 0.1) is 24.1 Å². The van der Waals surface area contributed by atoms with Crippen molar-refractivity contribution in [3.05, 3.63) is 87.2 Å². The van der Waals surface area contributed by atoms with Crippen LogP contribution in [0.25, 0.3) is 0 Å². The van der Waals surface area contributed by atoms with E-state index in [4.69, 9.17) is 27.9 Å². The first-order valence-electron chi connectivity index (χ1n) is 9.12. The third-order valence-corrected chi connectivity index (χ3v) is 4.83. The summed E-state index contributed by atoms with van der Waals surface area (Å²) in [6.45, 7) is 5.20. The van der Waals surface area contributed by atoms with Crippen LogP contribution >= 0.6 is 23.2 Å². The molecule has 3 aromatic rings. The van der Waals surface area contributed by atoms with Crippen LogP contribution in [-0.4, -0.2) is 15.9 Å². The van der Waals surface area contributed by atoms with Crippen molar-refractivity contribution in [3.8, 4) is 17.6 Å². The third kappa shape index (κ3) is 5.23. The predicted octanol–water partition coefficient (Wildman–Crippen LogP) is 5.49. The van der Waals surface area contributed by atoms with Gasteiger partial charge in [0, 0.05) is 12.1 Å². The molecule has 1 aromatic heterocycles. The summed E-state index contributed by atoms with van der Waals surface area (Å²) < 4.78 is 20.8. The van der Waals surface area contributed by atoms with Gasteiger partial charge < -0.3 is 15.0 Å². The number of H-pyrrole nitrogens is 1. The SMILES string of the molecule is C=CCc1cc(C#N)cc(Oc2c(Cl)ccc(CNC(=O)c3nc(C)[nH]c3Cl)c2F)c1. The molecule has 6 nitrogen and oxygen atoms in total. The number of rotatable bonds is 7. The van der Waals surface area contributed by atoms with Crippen molar-refractivity contribution in [2.45, 2.75) is 19.9 Å². The molecule has 0 atom stereocenters. The zero-order valence-electron chi connectivity index (χ0n) is 16.4. The molecule has 1 amide bonds. The van der Waals surface area contributed by atoms with Crippen LogP contribution in [0.5, 0.6) is 11.5 Å². The highest BCUT2D eigenvalue weighted by Gasteiger charge is 2.19. The van der Waals surface area contributed by atoms with Crippen molar-refractivity contribution < 1.29 is 13.9 Å². The van der Waals surface area contributed by atoms with Crippen LogP contribution in [0.2, 0.25) is 10.2 Å². The Balaban J connectivity index is 1.83. The molecule has 9 heteroatoms. The summed E-state index contributed by atoms with van der Waals surface area (Å²) in [7, 11) is 0. The number of nitrogens with one attached hydrogen (secondary N) is 2. The molecule has 0 aliphatic rings. The fourth-order valence-corrected chi connectivity index (χ4v) is 3.31. The first-order valence-corrected chi connectivity index (χ1v) is 9.88. The number of aromatic nitrogens is 2. The summed E-state index contributed by atoms with van der Waals surface area (Å²) in [5.74, 6) is -0.746. The minimum Gasteiger partial charge on any atom is -0.453 e. The van der Waals surface area contributed by atoms with Crippen molar-refractivity contribution in [3.63, 3.8) is 0 Å². The Labute approximate surface area is 188 Å². The maximum absolute atomic E-state index is 15.1. The standard InChI is InChI=1S/C22H17Cl2FN4O2/c1-3-4-13-7-14(10-26)9-16(8-13)31-20-17(23)6-5-15(18(20)25)11-27-22(30)19-21(24)29-12(2)28-19/h3,5-9H,1,4,11H2,2H3,(H,27,30)(H,28,29). The largest absolute Gasteiger partial charge is 0.453 e. The second-order valence-electron chi connectivity index (χ2n) is 6.59. The van der Waals surface area contributed by atoms with Crippen LogP contribution in [0.4, 0.5) is 4.39 Å². The summed E-state index contributed by atoms with van der Waals surface area (Å²) >= 11 is 12.1. The number of halogens is 3. The Morgan fingerprint density at radius 3 is 2.81 bits per heavy atom. The van der Waals surface area contributed by atoms with Crippen LogP contribution in [0.15, 0.2) is 43.0 Å². The zero-order chi connectivity index (χ0) is 22.5. The van der Waals surface area contributed by atoms with Crippen LogP contribution < -0.4 is 10.1 Å². The Morgan fingerprint density at radius 2 is 2.16 bits per heavy atom. The lowest BCUT2D eigenvalue weighted by Crippen LogP contribution is -2.24. The fraction of sp³-hybridized carbons (Fsp3) is 0.136. The highest BCUT2D eigenvalue weighted by molar-refractivity contribution is 6.32. The van der Waals surface area contributed by atoms with Crippen LogP contribution in [0.1, 0.15) is 33.0 Å². The van der Waals surface area contributed by atoms with Gasteiger partial charge in [0.2, 0.25) is 0 Å². The summed E-state index contributed by atoms with van der Waals surface area (Å²) in [5.41, 5.74) is 1.32. The summed E-state index contributed by atoms with van der Waals surface area (Å²) in [5, 5.41) is 11.9. The fourth-order valence-electron chi connectivity index (χ4n) is 2.86. The number of carbonyl (C=O) groups is 1. The van der Waals surface area contributed by atoms with Gasteiger partial charge in [0.15, 0.2) is 17.3 Å². The molecular weight excluding hydrogens is 442 g/mol. The molecule has 0 fully saturated rings. The molecule has 31 heavy (non-hydrogen) atoms. The number of nitrogens with zero attached hydrogens (tertiary/aromatic N) is 2. The number of aromatic amines is 1. The highest BCUT2D eigenvalue weighted by atomic mass is 35.5. The average molecular weight is 459 g/mol. The average Bonchev–Trinajstić information content (AvgIpc) is 3.08. The molecule has 3 rings (SSSR count). The van der Waals surface area contributed by atoms with E-state index in [2.05, 4.69) is 21.9 Å². The second-order valence-corrected chi connectivity index (χ2v) is 7.37. The number of ether oxygens (including phenoxy) is 1. The van der Waals surface area contributed by atoms with E-state index in [9.17, 15) is 10.1 Å². The molecule has 0 aliphatic carbocycles. The number of amides is 1. The normalized spacial score (nSPS) is 10.4. The van der Waals surface area contributed by atoms with E-state index in [1.54, 1.807) is 25.1 Å². The van der Waals surface area contributed by atoms with Gasteiger partial charge in [0.1, 0.15) is 16.7 Å². The van der Waals surface area contributed by atoms with Gasteiger partial charge in [-0.3, -0.25) is 4.79 Å². The van der Waals surface area contributed by atoms with Crippen molar-refractivity contribution in [1.29, 1.82) is 5.26 Å². The number of benzene rings is 2. The van der Waals surface area contributed by atoms with E-state index in [0.717, 1.165) is 5.56 Å². The van der Waals surface area contributed by atoms with E-state index in [0.29, 0.717) is 17.8 Å². The third-order valence-electron chi connectivity index (χ3n) is 4.26. The highest BCUT2D eigenvalue weighted by Crippen LogP contribution is 2.34. The van der Waals surface area contributed by atoms with Crippen LogP contribution in [-0.2, 0) is 13.0 Å². The molecule has 0 radical (unpaired) electrons. The van der Waals surface area contributed by atoms with E-state index < -0.39 is 11.7 Å². The van der Waals surface area contributed by atoms with Gasteiger partial charge >= 0.3 is 0 Å². The number of carbonyl (C=O) groups excluding carboxylic acids is 1. The minimum atomic E-state index is -0.732. The Kier molecular flexibility index (Phi) is 6.95. The van der Waals surface area contributed by atoms with Gasteiger partial charge in [0.25, 0.3) is 5.91 Å². The summed E-state index contributed by atoms with van der Waals surface area (Å²) in [6.07, 6.45) is 2.20. The monoisotopic (exact) mass is 458 g/mol. The molecule has 158 valence electrons. The quantitative estimate of drug-likeness (QED) is 0.458. The molecule has 0 saturated heterocycles. The van der Waals surface area contributed by atoms with Crippen molar-refractivity contribution in [2.75, 3.05) is 0 Å². The molecule has 2 N–H and O–H groups in total. The second kappa shape index (κ2) is 9.65. The van der Waals surface area contributed by atoms with Crippen molar-refractivity contribution >= 4 is 29.1 Å². The Morgan fingerprint density at radius 1 is 1.39 bits per heavy atom. The van der Waals surface area contributed by atoms with E-state index >= 15 is 4.39 Å². The van der Waals surface area contributed by atoms with Gasteiger partial charge in [-0.2, -0.15) is 5.26 Å². The number of imidazole rings is 1. The molecule has 1 heterocycles. The van der Waals surface area contributed by atoms with Gasteiger partial charge in [-0.15, -0.1) is 6.58 Å². The smallest absolute Gasteiger partial charge is 0.273 e. The number of hydrogen-bond acceptors (Lipinski definition) is 4. The molecule has 2 aromatic carbocycles. The number of hydrogen-bond donors (Lipinski definition) is 2. The van der Waals surface area contributed by atoms with Crippen molar-refractivity contribution in [1.82, 2.24) is 15.3 Å². The molecule has 0 spiro atoms. The molecular formula is C22H17Cl2FN4O2. The van der Waals surface area contributed by atoms with Gasteiger partial charge in [-0.25, -0.2) is 9.37 Å². The minimum absolute atomic E-state index is 0.0214. The van der Waals surface area contributed by atoms with Gasteiger partial charge in [0.05, 0.1) is 16.7 Å². The zero-order valence-corrected chi connectivity index (χ0v) is 17.9. The maximum Gasteiger partial charge on any atom is 0.273 e. The molecule has 0 aliphatic heterocycles. The topological polar surface area (TPSA) is 90.8 Å². The lowest BCUT2D eigenvalue weighted by Gasteiger charge is -2.13.